The van der Waals surface area contributed by atoms with Gasteiger partial charge in [0, 0.05) is 31.3 Å². The number of primary amides is 1. The number of hydrogen-bond donors (Lipinski definition) is 1. The Kier molecular flexibility index (Phi) is 7.33. The summed E-state index contributed by atoms with van der Waals surface area (Å²) in [6.45, 7) is 0.948. The maximum atomic E-state index is 15.1. The van der Waals surface area contributed by atoms with Gasteiger partial charge in [-0.05, 0) is 67.3 Å². The highest BCUT2D eigenvalue weighted by atomic mass is 35.5. The van der Waals surface area contributed by atoms with Crippen molar-refractivity contribution < 1.29 is 23.1 Å². The number of nitrogens with zero attached hydrogens (tertiary/aromatic N) is 8. The van der Waals surface area contributed by atoms with Gasteiger partial charge in [-0.2, -0.15) is 19.0 Å². The number of carbonyl (C=O) groups is 2. The molecule has 246 valence electrons. The van der Waals surface area contributed by atoms with Crippen LogP contribution in [0, 0.1) is 11.8 Å². The first kappa shape index (κ1) is 30.6. The molecule has 1 aromatic carbocycles. The second kappa shape index (κ2) is 11.5. The third kappa shape index (κ3) is 5.42. The van der Waals surface area contributed by atoms with Crippen molar-refractivity contribution in [3.8, 4) is 16.9 Å². The van der Waals surface area contributed by atoms with Crippen molar-refractivity contribution in [3.63, 3.8) is 0 Å². The van der Waals surface area contributed by atoms with Crippen molar-refractivity contribution in [3.05, 3.63) is 75.8 Å². The highest BCUT2D eigenvalue weighted by Crippen LogP contribution is 2.46. The van der Waals surface area contributed by atoms with E-state index in [-0.39, 0.29) is 34.6 Å². The topological polar surface area (TPSA) is 147 Å². The smallest absolute Gasteiger partial charge is 0.423 e. The van der Waals surface area contributed by atoms with Gasteiger partial charge < -0.3 is 10.5 Å². The molecule has 0 bridgehead atoms. The zero-order chi connectivity index (χ0) is 33.3. The molecule has 16 heteroatoms. The Bertz CT molecular complexity index is 2110. The van der Waals surface area contributed by atoms with Crippen molar-refractivity contribution in [2.45, 2.75) is 57.8 Å². The zero-order valence-electron chi connectivity index (χ0n) is 25.2. The number of amides is 2. The summed E-state index contributed by atoms with van der Waals surface area (Å²) in [6, 6.07) is 7.57. The molecule has 5 aromatic rings. The van der Waals surface area contributed by atoms with Crippen LogP contribution >= 0.6 is 23.2 Å². The summed E-state index contributed by atoms with van der Waals surface area (Å²) < 4.78 is 38.8. The molecule has 12 nitrogen and oxygen atoms in total. The summed E-state index contributed by atoms with van der Waals surface area (Å²) in [5, 5.41) is 9.71. The summed E-state index contributed by atoms with van der Waals surface area (Å²) in [5.74, 6) is -1.15. The fourth-order valence-electron chi connectivity index (χ4n) is 6.57. The molecule has 6 heterocycles. The maximum Gasteiger partial charge on any atom is 0.482 e. The zero-order valence-corrected chi connectivity index (χ0v) is 26.8. The minimum atomic E-state index is -4.16. The van der Waals surface area contributed by atoms with Gasteiger partial charge in [0.2, 0.25) is 0 Å². The van der Waals surface area contributed by atoms with Crippen LogP contribution in [0.25, 0.3) is 22.2 Å². The van der Waals surface area contributed by atoms with E-state index in [1.165, 1.54) is 18.3 Å². The molecule has 4 aromatic heterocycles. The number of benzene rings is 1. The molecule has 0 unspecified atom stereocenters. The lowest BCUT2D eigenvalue weighted by Gasteiger charge is -2.33. The minimum Gasteiger partial charge on any atom is -0.423 e. The van der Waals surface area contributed by atoms with Crippen LogP contribution in [-0.2, 0) is 37.3 Å². The van der Waals surface area contributed by atoms with E-state index in [9.17, 15) is 9.59 Å². The molecule has 0 saturated heterocycles. The average Bonchev–Trinajstić information content (AvgIpc) is 3.65. The summed E-state index contributed by atoms with van der Waals surface area (Å²) in [5.41, 5.74) is 8.19. The standard InChI is InChI=1S/C32H27Cl2F2N9O3/c33-19-4-5-20(38-12-19)14-43-22-6-3-18(11-23(22)48-32(35,36)31(43)47)25-26(29(37)46)21(9-16-1-2-16)41-30-27(25)28(34)42-45(30)13-17-7-8-44-24(10-17)39-15-40-44/h3-6,11-12,15-17H,1-2,7-10,13-14H2,(H2,37,46)/t17-/m0/s1. The van der Waals surface area contributed by atoms with Gasteiger partial charge in [0.25, 0.3) is 5.91 Å². The Morgan fingerprint density at radius 3 is 2.69 bits per heavy atom. The van der Waals surface area contributed by atoms with Gasteiger partial charge in [0.05, 0.1) is 39.6 Å². The van der Waals surface area contributed by atoms with E-state index in [0.717, 1.165) is 36.5 Å². The van der Waals surface area contributed by atoms with Crippen LogP contribution < -0.4 is 15.4 Å². The van der Waals surface area contributed by atoms with E-state index in [1.807, 2.05) is 4.68 Å². The van der Waals surface area contributed by atoms with Gasteiger partial charge in [-0.3, -0.25) is 24.2 Å². The number of fused-ring (bicyclic) bond motifs is 3. The van der Waals surface area contributed by atoms with Crippen LogP contribution in [-0.4, -0.2) is 52.4 Å². The maximum absolute atomic E-state index is 15.1. The number of halogens is 4. The van der Waals surface area contributed by atoms with E-state index < -0.39 is 17.9 Å². The molecule has 1 saturated carbocycles. The minimum absolute atomic E-state index is 0.0848. The molecular weight excluding hydrogens is 667 g/mol. The molecule has 8 rings (SSSR count). The van der Waals surface area contributed by atoms with E-state index in [4.69, 9.17) is 38.7 Å². The largest absolute Gasteiger partial charge is 0.482 e. The van der Waals surface area contributed by atoms with Gasteiger partial charge in [0.15, 0.2) is 16.5 Å². The Balaban J connectivity index is 1.26. The van der Waals surface area contributed by atoms with Crippen LogP contribution in [0.5, 0.6) is 5.75 Å². The molecule has 1 fully saturated rings. The molecule has 0 spiro atoms. The van der Waals surface area contributed by atoms with Crippen molar-refractivity contribution in [2.75, 3.05) is 4.90 Å². The Morgan fingerprint density at radius 1 is 1.10 bits per heavy atom. The van der Waals surface area contributed by atoms with Crippen molar-refractivity contribution in [2.24, 2.45) is 17.6 Å². The van der Waals surface area contributed by atoms with Crippen LogP contribution in [0.3, 0.4) is 0 Å². The summed E-state index contributed by atoms with van der Waals surface area (Å²) >= 11 is 12.8. The van der Waals surface area contributed by atoms with Crippen molar-refractivity contribution >= 4 is 51.7 Å². The fraction of sp³-hybridized carbons (Fsp3) is 0.344. The normalized spacial score (nSPS) is 18.5. The highest BCUT2D eigenvalue weighted by molar-refractivity contribution is 6.36. The third-order valence-electron chi connectivity index (χ3n) is 9.07. The molecule has 3 aliphatic rings. The third-order valence-corrected chi connectivity index (χ3v) is 9.55. The number of aryl methyl sites for hydroxylation is 1. The predicted molar refractivity (Wildman–Crippen MR) is 171 cm³/mol. The van der Waals surface area contributed by atoms with E-state index in [1.54, 1.807) is 29.2 Å². The lowest BCUT2D eigenvalue weighted by atomic mass is 9.93. The molecule has 2 N–H and O–H groups in total. The van der Waals surface area contributed by atoms with Gasteiger partial charge in [-0.1, -0.05) is 29.3 Å². The first-order valence-corrected chi connectivity index (χ1v) is 16.2. The second-order valence-electron chi connectivity index (χ2n) is 12.4. The van der Waals surface area contributed by atoms with E-state index in [2.05, 4.69) is 20.2 Å². The molecule has 1 atom stereocenters. The number of anilines is 1. The summed E-state index contributed by atoms with van der Waals surface area (Å²) in [6.07, 6.45) is 2.77. The Morgan fingerprint density at radius 2 is 1.94 bits per heavy atom. The number of rotatable bonds is 8. The molecule has 48 heavy (non-hydrogen) atoms. The Hall–Kier alpha value is -4.69. The number of ether oxygens (including phenoxy) is 1. The van der Waals surface area contributed by atoms with Crippen LogP contribution in [0.1, 0.15) is 46.8 Å². The van der Waals surface area contributed by atoms with E-state index >= 15 is 8.78 Å². The number of alkyl halides is 2. The highest BCUT2D eigenvalue weighted by Gasteiger charge is 2.50. The lowest BCUT2D eigenvalue weighted by molar-refractivity contribution is -0.193. The second-order valence-corrected chi connectivity index (χ2v) is 13.2. The number of aromatic nitrogens is 7. The monoisotopic (exact) mass is 693 g/mol. The molecule has 0 radical (unpaired) electrons. The number of nitrogens with two attached hydrogens (primary N) is 1. The molecule has 2 amide bonds. The van der Waals surface area contributed by atoms with E-state index in [0.29, 0.717) is 63.9 Å². The number of pyridine rings is 2. The van der Waals surface area contributed by atoms with Crippen LogP contribution in [0.15, 0.2) is 42.9 Å². The quantitative estimate of drug-likeness (QED) is 0.233. The van der Waals surface area contributed by atoms with Crippen molar-refractivity contribution in [1.29, 1.82) is 0 Å². The van der Waals surface area contributed by atoms with Gasteiger partial charge in [-0.15, -0.1) is 0 Å². The predicted octanol–water partition coefficient (Wildman–Crippen LogP) is 5.22. The van der Waals surface area contributed by atoms with Crippen molar-refractivity contribution in [1.82, 2.24) is 34.5 Å². The summed E-state index contributed by atoms with van der Waals surface area (Å²) in [4.78, 5) is 40.4. The number of hydrogen-bond acceptors (Lipinski definition) is 8. The van der Waals surface area contributed by atoms with Crippen LogP contribution in [0.4, 0.5) is 14.5 Å². The first-order chi connectivity index (χ1) is 23.1. The molecule has 2 aliphatic heterocycles. The lowest BCUT2D eigenvalue weighted by Crippen LogP contribution is -2.50. The first-order valence-electron chi connectivity index (χ1n) is 15.4. The molecular formula is C32H27Cl2F2N9O3. The SMILES string of the molecule is NC(=O)c1c(CC2CC2)nc2c(c(Cl)nn2C[C@H]2CCn3ncnc3C2)c1-c1ccc2c(c1)OC(F)(F)C(=O)N2Cc1ccc(Cl)cn1. The van der Waals surface area contributed by atoms with Crippen LogP contribution in [0.2, 0.25) is 10.2 Å². The van der Waals surface area contributed by atoms with Gasteiger partial charge in [-0.25, -0.2) is 14.6 Å². The van der Waals surface area contributed by atoms with Gasteiger partial charge in [0.1, 0.15) is 12.2 Å². The summed E-state index contributed by atoms with van der Waals surface area (Å²) in [7, 11) is 0. The van der Waals surface area contributed by atoms with Gasteiger partial charge >= 0.3 is 12.0 Å². The average molecular weight is 695 g/mol. The number of carbonyl (C=O) groups excluding carboxylic acids is 2. The fourth-order valence-corrected chi connectivity index (χ4v) is 6.95. The molecule has 1 aliphatic carbocycles. The Labute approximate surface area is 281 Å².